The van der Waals surface area contributed by atoms with E-state index in [1.54, 1.807) is 67.8 Å². The van der Waals surface area contributed by atoms with Crippen LogP contribution in [-0.4, -0.2) is 320 Å². The molecule has 0 spiro atoms. The molecule has 0 aliphatic carbocycles. The average molecular weight is 1830 g/mol. The second kappa shape index (κ2) is 46.7. The van der Waals surface area contributed by atoms with Gasteiger partial charge in [-0.25, -0.2) is 4.68 Å². The Labute approximate surface area is 749 Å². The first-order valence-corrected chi connectivity index (χ1v) is 44.1. The maximum atomic E-state index is 15.7. The van der Waals surface area contributed by atoms with E-state index in [4.69, 9.17) is 21.9 Å². The van der Waals surface area contributed by atoms with Crippen LogP contribution < -0.4 is 70.4 Å². The van der Waals surface area contributed by atoms with E-state index in [2.05, 4.69) is 78.7 Å². The van der Waals surface area contributed by atoms with Crippen LogP contribution in [0.1, 0.15) is 132 Å². The Bertz CT molecular complexity index is 5110. The number of tetrazole rings is 1. The molecule has 10 rings (SSSR count). The van der Waals surface area contributed by atoms with Crippen LogP contribution in [-0.2, 0) is 106 Å². The maximum absolute atomic E-state index is 15.7. The Morgan fingerprint density at radius 2 is 1.16 bits per heavy atom. The Balaban J connectivity index is 1.01. The smallest absolute Gasteiger partial charge is 0.303 e. The summed E-state index contributed by atoms with van der Waals surface area (Å²) in [6.45, 7) is 0.891. The van der Waals surface area contributed by atoms with Gasteiger partial charge >= 0.3 is 5.97 Å². The molecule has 45 nitrogen and oxygen atoms in total. The zero-order valence-corrected chi connectivity index (χ0v) is 73.1. The minimum Gasteiger partial charge on any atom is -0.508 e. The van der Waals surface area contributed by atoms with Gasteiger partial charge in [0.1, 0.15) is 84.3 Å². The van der Waals surface area contributed by atoms with Crippen molar-refractivity contribution in [3.05, 3.63) is 108 Å². The zero-order valence-electron chi connectivity index (χ0n) is 72.3. The van der Waals surface area contributed by atoms with Crippen molar-refractivity contribution in [1.29, 1.82) is 0 Å². The number of para-hydroxylation sites is 2. The predicted octanol–water partition coefficient (Wildman–Crippen LogP) is -4.91. The van der Waals surface area contributed by atoms with Crippen LogP contribution >= 0.6 is 11.8 Å². The third-order valence-electron chi connectivity index (χ3n) is 23.1. The summed E-state index contributed by atoms with van der Waals surface area (Å²) in [5.74, 6) is -18.6. The van der Waals surface area contributed by atoms with Crippen molar-refractivity contribution in [3.8, 4) is 5.75 Å². The molecule has 0 saturated carbocycles. The molecular formula is C84H113N23O22S. The number of benzene rings is 3. The van der Waals surface area contributed by atoms with Gasteiger partial charge in [0.15, 0.2) is 5.82 Å². The number of unbranched alkanes of at least 4 members (excludes halogenated alkanes) is 2. The van der Waals surface area contributed by atoms with E-state index in [1.807, 2.05) is 6.92 Å². The first-order valence-electron chi connectivity index (χ1n) is 43.0. The number of phenolic OH excluding ortho intramolecular Hbond substituents is 1. The quantitative estimate of drug-likeness (QED) is 0.0303. The number of carboxylic acid groups (broad SMARTS) is 1. The number of carbonyl (C=O) groups is 17. The number of hydrogen-bond acceptors (Lipinski definition) is 26. The molecule has 7 heterocycles. The van der Waals surface area contributed by atoms with E-state index in [-0.39, 0.29) is 82.6 Å². The molecule has 0 unspecified atom stereocenters. The number of aliphatic carboxylic acids is 1. The molecule has 4 aliphatic rings. The third-order valence-corrected chi connectivity index (χ3v) is 24.1. The van der Waals surface area contributed by atoms with Crippen LogP contribution in [0, 0.1) is 0 Å². The Morgan fingerprint density at radius 1 is 0.592 bits per heavy atom. The second-order valence-electron chi connectivity index (χ2n) is 32.5. The third kappa shape index (κ3) is 25.8. The molecule has 3 aromatic heterocycles. The molecule has 3 aromatic carbocycles. The number of morpholine rings is 1. The number of nitrogens with zero attached hydrogens (tertiary/aromatic N) is 8. The molecular weight excluding hydrogens is 1720 g/mol. The molecule has 6 aromatic rings. The topological polar surface area (TPSA) is 667 Å². The number of nitrogens with two attached hydrogens (primary N) is 3. The lowest BCUT2D eigenvalue weighted by atomic mass is 10.0. The van der Waals surface area contributed by atoms with E-state index >= 15 is 24.0 Å². The molecule has 22 N–H and O–H groups in total. The van der Waals surface area contributed by atoms with Crippen LogP contribution in [0.15, 0.2) is 85.2 Å². The summed E-state index contributed by atoms with van der Waals surface area (Å²) in [4.78, 5) is 255. The highest BCUT2D eigenvalue weighted by atomic mass is 32.2. The van der Waals surface area contributed by atoms with Crippen LogP contribution in [0.5, 0.6) is 5.75 Å². The van der Waals surface area contributed by atoms with E-state index in [1.165, 1.54) is 42.9 Å². The molecule has 3 saturated heterocycles. The minimum absolute atomic E-state index is 0.00770. The number of aliphatic hydroxyl groups excluding tert-OH is 2. The standard InChI is InChI=1S/C84H113N23O22S/c1-5-7-18-62-77(121)93-54(25-26-70(114)115)73(117)99-61(72(116)90-38-68(87)112)42-130-43-69(113)92-57(30-45-21-23-48(109)24-22-45)82(126)105-28-29-129-41-66(105)80(124)96-58(34-67(86)111)83(127)104-27-13-20-63(104)78(122)97-59(35-85)75(119)91-44(3)81(125)106-39-49(110)33-65(106)79(123)95-56(32-47-37-89-53-17-12-10-15-51(47)53)74(118)98-60(40-108)76(120)94-55(31-46-36-88-52-16-11-9-14-50(46)52)71-100-101-102-107(71)64(19-8-6-2)84(128)103(62)4/h9-12,14-17,21-24,36-37,44,49,54-66,88-89,108-110H,5-8,13,18-20,25-35,38-43,85H2,1-4H3,(H2,86,111)(H2,87,112)(H,90,116)(H,91,119)(H,92,113)(H,93,121)(H,94,120)(H,95,123)(H,96,124)(H,97,122)(H,98,118)(H,99,117)(H,114,115)/t44-,49+,54-,55-,56-,57-,58-,59-,60-,61-,62-,63-,64-,65-,66-/m0/s1. The van der Waals surface area contributed by atoms with Gasteiger partial charge in [0.2, 0.25) is 94.5 Å². The number of aromatic nitrogens is 6. The van der Waals surface area contributed by atoms with Crippen molar-refractivity contribution in [2.45, 2.75) is 208 Å². The molecule has 130 heavy (non-hydrogen) atoms. The summed E-state index contributed by atoms with van der Waals surface area (Å²) in [6.07, 6.45) is 0.196. The number of aliphatic hydroxyl groups is 2. The van der Waals surface area contributed by atoms with Crippen molar-refractivity contribution in [2.24, 2.45) is 17.2 Å². The lowest BCUT2D eigenvalue weighted by molar-refractivity contribution is -0.152. The van der Waals surface area contributed by atoms with E-state index in [0.29, 0.717) is 69.5 Å². The Hall–Kier alpha value is -13.2. The molecule has 0 radical (unpaired) electrons. The van der Waals surface area contributed by atoms with Crippen molar-refractivity contribution < 1.29 is 107 Å². The van der Waals surface area contributed by atoms with Crippen molar-refractivity contribution in [1.82, 2.24) is 103 Å². The summed E-state index contributed by atoms with van der Waals surface area (Å²) in [5, 5.41) is 82.5. The second-order valence-corrected chi connectivity index (χ2v) is 33.5. The van der Waals surface area contributed by atoms with Gasteiger partial charge in [-0.1, -0.05) is 88.1 Å². The molecule has 16 amide bonds. The Morgan fingerprint density at radius 3 is 1.80 bits per heavy atom. The number of aromatic amines is 2. The first-order chi connectivity index (χ1) is 62.2. The number of H-pyrrole nitrogens is 2. The number of carboxylic acids is 1. The number of carbonyl (C=O) groups excluding carboxylic acids is 16. The highest BCUT2D eigenvalue weighted by Crippen LogP contribution is 2.31. The first kappa shape index (κ1) is 99.0. The number of fused-ring (bicyclic) bond motifs is 6. The Kier molecular flexibility index (Phi) is 35.5. The minimum atomic E-state index is -1.85. The van der Waals surface area contributed by atoms with Gasteiger partial charge in [-0.2, -0.15) is 0 Å². The van der Waals surface area contributed by atoms with Gasteiger partial charge in [-0.3, -0.25) is 81.5 Å². The van der Waals surface area contributed by atoms with E-state index < -0.39 is 261 Å². The number of amides is 16. The fraction of sp³-hybridized carbons (Fsp3) is 0.524. The van der Waals surface area contributed by atoms with Crippen molar-refractivity contribution in [2.75, 3.05) is 71.1 Å². The fourth-order valence-electron chi connectivity index (χ4n) is 16.2. The number of aromatic hydroxyl groups is 1. The van der Waals surface area contributed by atoms with Gasteiger partial charge in [0, 0.05) is 105 Å². The van der Waals surface area contributed by atoms with Crippen molar-refractivity contribution >= 4 is 134 Å². The SMILES string of the molecule is CCCC[C@H]1C(=O)N[C@@H](CCC(=O)O)C(=O)N[C@H](C(=O)NCC(N)=O)CSCC(=O)N[C@@H](Cc2ccc(O)cc2)C(=O)N2CCOC[C@H]2C(=O)N[C@@H](CC(N)=O)C(=O)N2CCC[C@H]2C(=O)N[C@@H](CN)C(=O)N[C@@H](C)C(=O)N2C[C@H](O)C[C@H]2C(=O)N[C@@H](Cc2c[nH]c3ccccc23)C(=O)N[C@@H](CO)C(=O)N[C@@H](Cc2c[nH]c3ccccc23)c2nnnn2[C@@H](CCCC)C(=O)N1C. The number of ether oxygens (including phenoxy) is 1. The van der Waals surface area contributed by atoms with E-state index in [9.17, 15) is 78.0 Å². The van der Waals surface area contributed by atoms with Gasteiger partial charge in [0.05, 0.1) is 50.7 Å². The summed E-state index contributed by atoms with van der Waals surface area (Å²) in [7, 11) is 1.32. The molecule has 3 fully saturated rings. The molecule has 15 atom stereocenters. The maximum Gasteiger partial charge on any atom is 0.303 e. The summed E-state index contributed by atoms with van der Waals surface area (Å²) in [5.41, 5.74) is 19.9. The van der Waals surface area contributed by atoms with Crippen LogP contribution in [0.25, 0.3) is 21.8 Å². The van der Waals surface area contributed by atoms with Gasteiger partial charge < -0.3 is 125 Å². The lowest BCUT2D eigenvalue weighted by Crippen LogP contribution is -2.63. The lowest BCUT2D eigenvalue weighted by Gasteiger charge is -2.37. The molecule has 702 valence electrons. The predicted molar refractivity (Wildman–Crippen MR) is 464 cm³/mol. The number of thioether (sulfide) groups is 1. The highest BCUT2D eigenvalue weighted by molar-refractivity contribution is 8.00. The highest BCUT2D eigenvalue weighted by Gasteiger charge is 2.47. The summed E-state index contributed by atoms with van der Waals surface area (Å²) in [6, 6.07) is -2.51. The number of nitrogens with one attached hydrogen (secondary N) is 12. The average Bonchev–Trinajstić information content (AvgIpc) is 1.65. The molecule has 46 heteroatoms. The van der Waals surface area contributed by atoms with E-state index in [0.717, 1.165) is 19.6 Å². The zero-order chi connectivity index (χ0) is 94.2. The van der Waals surface area contributed by atoms with Crippen LogP contribution in [0.4, 0.5) is 0 Å². The molecule has 4 aliphatic heterocycles. The number of likely N-dealkylation sites (N-methyl/N-ethyl adjacent to an activating group) is 1. The summed E-state index contributed by atoms with van der Waals surface area (Å²) >= 11 is 0.713. The van der Waals surface area contributed by atoms with Gasteiger partial charge in [0.25, 0.3) is 0 Å². The number of hydrogen-bond donors (Lipinski definition) is 19. The summed E-state index contributed by atoms with van der Waals surface area (Å²) < 4.78 is 6.86. The van der Waals surface area contributed by atoms with Crippen molar-refractivity contribution in [3.63, 3.8) is 0 Å². The largest absolute Gasteiger partial charge is 0.508 e. The van der Waals surface area contributed by atoms with Crippen LogP contribution in [0.3, 0.4) is 0 Å². The number of primary amides is 2. The number of phenols is 1. The van der Waals surface area contributed by atoms with Gasteiger partial charge in [-0.05, 0) is 90.4 Å². The van der Waals surface area contributed by atoms with Gasteiger partial charge in [-0.15, -0.1) is 16.9 Å². The van der Waals surface area contributed by atoms with Crippen LogP contribution in [0.2, 0.25) is 0 Å². The fourth-order valence-corrected chi connectivity index (χ4v) is 17.0. The normalized spacial score (nSPS) is 25.5. The monoisotopic (exact) mass is 1830 g/mol. The number of rotatable bonds is 22. The molecule has 0 bridgehead atoms.